The van der Waals surface area contributed by atoms with Gasteiger partial charge in [0, 0.05) is 7.11 Å². The molecule has 0 amide bonds. The van der Waals surface area contributed by atoms with Gasteiger partial charge in [-0.1, -0.05) is 12.8 Å². The average molecular weight is 215 g/mol. The van der Waals surface area contributed by atoms with E-state index < -0.39 is 0 Å². The molecular formula is C12H25NO2. The van der Waals surface area contributed by atoms with Gasteiger partial charge < -0.3 is 14.8 Å². The minimum Gasteiger partial charge on any atom is -0.382 e. The Morgan fingerprint density at radius 3 is 2.53 bits per heavy atom. The molecule has 3 heteroatoms. The Bertz CT molecular complexity index is 156. The van der Waals surface area contributed by atoms with Crippen molar-refractivity contribution in [3.8, 4) is 0 Å². The Hall–Kier alpha value is -0.120. The minimum absolute atomic E-state index is 0.455. The maximum Gasteiger partial charge on any atom is 0.0700 e. The summed E-state index contributed by atoms with van der Waals surface area (Å²) in [6.07, 6.45) is 6.66. The van der Waals surface area contributed by atoms with Crippen molar-refractivity contribution in [2.24, 2.45) is 5.41 Å². The third-order valence-corrected chi connectivity index (χ3v) is 3.41. The van der Waals surface area contributed by atoms with Gasteiger partial charge >= 0.3 is 0 Å². The topological polar surface area (TPSA) is 30.5 Å². The first kappa shape index (κ1) is 12.9. The first-order valence-electron chi connectivity index (χ1n) is 6.04. The molecule has 1 rings (SSSR count). The van der Waals surface area contributed by atoms with Crippen molar-refractivity contribution in [1.29, 1.82) is 0 Å². The van der Waals surface area contributed by atoms with E-state index in [4.69, 9.17) is 9.47 Å². The molecule has 0 saturated heterocycles. The molecule has 0 heterocycles. The van der Waals surface area contributed by atoms with Crippen LogP contribution in [0.2, 0.25) is 0 Å². The van der Waals surface area contributed by atoms with Crippen molar-refractivity contribution in [2.75, 3.05) is 40.5 Å². The highest BCUT2D eigenvalue weighted by Crippen LogP contribution is 2.40. The smallest absolute Gasteiger partial charge is 0.0700 e. The molecule has 0 aromatic heterocycles. The van der Waals surface area contributed by atoms with Gasteiger partial charge in [0.05, 0.1) is 19.8 Å². The van der Waals surface area contributed by atoms with Crippen molar-refractivity contribution >= 4 is 0 Å². The summed E-state index contributed by atoms with van der Waals surface area (Å²) in [6, 6.07) is 0. The number of hydrogen-bond donors (Lipinski definition) is 1. The third-order valence-electron chi connectivity index (χ3n) is 3.41. The van der Waals surface area contributed by atoms with Gasteiger partial charge in [-0.3, -0.25) is 0 Å². The maximum atomic E-state index is 5.71. The normalized spacial score (nSPS) is 19.6. The van der Waals surface area contributed by atoms with E-state index in [2.05, 4.69) is 5.32 Å². The fourth-order valence-corrected chi connectivity index (χ4v) is 2.41. The van der Waals surface area contributed by atoms with E-state index in [0.717, 1.165) is 19.8 Å². The average Bonchev–Trinajstić information content (AvgIpc) is 2.71. The predicted molar refractivity (Wildman–Crippen MR) is 62.1 cm³/mol. The van der Waals surface area contributed by atoms with Crippen LogP contribution in [-0.2, 0) is 9.47 Å². The Balaban J connectivity index is 2.23. The molecule has 0 unspecified atom stereocenters. The first-order valence-corrected chi connectivity index (χ1v) is 6.04. The maximum absolute atomic E-state index is 5.71. The lowest BCUT2D eigenvalue weighted by molar-refractivity contribution is 0.0139. The predicted octanol–water partition coefficient (Wildman–Crippen LogP) is 1.82. The van der Waals surface area contributed by atoms with E-state index in [9.17, 15) is 0 Å². The van der Waals surface area contributed by atoms with Gasteiger partial charge in [0.1, 0.15) is 0 Å². The van der Waals surface area contributed by atoms with Gasteiger partial charge in [0.25, 0.3) is 0 Å². The zero-order valence-electron chi connectivity index (χ0n) is 10.2. The van der Waals surface area contributed by atoms with Crippen LogP contribution in [0.15, 0.2) is 0 Å². The molecule has 0 bridgehead atoms. The zero-order chi connectivity index (χ0) is 11.0. The van der Waals surface area contributed by atoms with Crippen LogP contribution in [0.5, 0.6) is 0 Å². The van der Waals surface area contributed by atoms with Crippen LogP contribution in [0.1, 0.15) is 32.1 Å². The van der Waals surface area contributed by atoms with E-state index in [1.165, 1.54) is 32.1 Å². The highest BCUT2D eigenvalue weighted by atomic mass is 16.5. The molecular weight excluding hydrogens is 190 g/mol. The number of nitrogens with one attached hydrogen (secondary N) is 1. The molecule has 1 saturated carbocycles. The summed E-state index contributed by atoms with van der Waals surface area (Å²) < 4.78 is 10.7. The molecule has 0 atom stereocenters. The molecule has 15 heavy (non-hydrogen) atoms. The van der Waals surface area contributed by atoms with Crippen molar-refractivity contribution in [3.63, 3.8) is 0 Å². The first-order chi connectivity index (χ1) is 7.33. The summed E-state index contributed by atoms with van der Waals surface area (Å²) in [7, 11) is 3.74. The lowest BCUT2D eigenvalue weighted by Crippen LogP contribution is -2.28. The highest BCUT2D eigenvalue weighted by molar-refractivity contribution is 4.85. The van der Waals surface area contributed by atoms with Crippen molar-refractivity contribution < 1.29 is 9.47 Å². The Morgan fingerprint density at radius 2 is 1.93 bits per heavy atom. The summed E-state index contributed by atoms with van der Waals surface area (Å²) in [5.74, 6) is 0. The van der Waals surface area contributed by atoms with Crippen LogP contribution < -0.4 is 5.32 Å². The number of ether oxygens (including phenoxy) is 2. The van der Waals surface area contributed by atoms with Crippen molar-refractivity contribution in [3.05, 3.63) is 0 Å². The van der Waals surface area contributed by atoms with Crippen LogP contribution in [-0.4, -0.2) is 40.5 Å². The van der Waals surface area contributed by atoms with E-state index in [1.807, 2.05) is 7.05 Å². The standard InChI is InChI=1S/C12H25NO2/c1-13-8-7-12(5-3-4-6-12)11-15-10-9-14-2/h13H,3-11H2,1-2H3. The zero-order valence-corrected chi connectivity index (χ0v) is 10.2. The van der Waals surface area contributed by atoms with Gasteiger partial charge in [-0.2, -0.15) is 0 Å². The van der Waals surface area contributed by atoms with E-state index >= 15 is 0 Å². The molecule has 3 nitrogen and oxygen atoms in total. The second kappa shape index (κ2) is 7.20. The molecule has 1 aliphatic carbocycles. The minimum atomic E-state index is 0.455. The van der Waals surface area contributed by atoms with Crippen molar-refractivity contribution in [1.82, 2.24) is 5.32 Å². The second-order valence-corrected chi connectivity index (χ2v) is 4.61. The summed E-state index contributed by atoms with van der Waals surface area (Å²) in [4.78, 5) is 0. The fraction of sp³-hybridized carbons (Fsp3) is 1.00. The molecule has 0 radical (unpaired) electrons. The summed E-state index contributed by atoms with van der Waals surface area (Å²) in [5, 5.41) is 3.24. The van der Waals surface area contributed by atoms with E-state index in [0.29, 0.717) is 12.0 Å². The highest BCUT2D eigenvalue weighted by Gasteiger charge is 2.33. The number of hydrogen-bond acceptors (Lipinski definition) is 3. The van der Waals surface area contributed by atoms with E-state index in [-0.39, 0.29) is 0 Å². The summed E-state index contributed by atoms with van der Waals surface area (Å²) >= 11 is 0. The van der Waals surface area contributed by atoms with Crippen LogP contribution >= 0.6 is 0 Å². The molecule has 1 aliphatic rings. The number of methoxy groups -OCH3 is 1. The molecule has 0 aromatic rings. The molecule has 0 spiro atoms. The summed E-state index contributed by atoms with van der Waals surface area (Å²) in [6.45, 7) is 3.46. The van der Waals surface area contributed by atoms with Crippen molar-refractivity contribution in [2.45, 2.75) is 32.1 Å². The van der Waals surface area contributed by atoms with Gasteiger partial charge in [0.15, 0.2) is 0 Å². The Kier molecular flexibility index (Phi) is 6.22. The van der Waals surface area contributed by atoms with Crippen LogP contribution in [0, 0.1) is 5.41 Å². The number of rotatable bonds is 8. The van der Waals surface area contributed by atoms with Gasteiger partial charge in [-0.15, -0.1) is 0 Å². The second-order valence-electron chi connectivity index (χ2n) is 4.61. The Labute approximate surface area is 93.5 Å². The molecule has 0 aromatic carbocycles. The largest absolute Gasteiger partial charge is 0.382 e. The van der Waals surface area contributed by atoms with Gasteiger partial charge in [-0.05, 0) is 38.3 Å². The molecule has 1 fully saturated rings. The Morgan fingerprint density at radius 1 is 1.20 bits per heavy atom. The van der Waals surface area contributed by atoms with Crippen LogP contribution in [0.25, 0.3) is 0 Å². The monoisotopic (exact) mass is 215 g/mol. The third kappa shape index (κ3) is 4.49. The lowest BCUT2D eigenvalue weighted by Gasteiger charge is -2.28. The quantitative estimate of drug-likeness (QED) is 0.627. The molecule has 90 valence electrons. The van der Waals surface area contributed by atoms with Crippen LogP contribution in [0.4, 0.5) is 0 Å². The van der Waals surface area contributed by atoms with E-state index in [1.54, 1.807) is 7.11 Å². The SMILES string of the molecule is CNCCC1(COCCOC)CCCC1. The van der Waals surface area contributed by atoms with Gasteiger partial charge in [0.2, 0.25) is 0 Å². The summed E-state index contributed by atoms with van der Waals surface area (Å²) in [5.41, 5.74) is 0.455. The lowest BCUT2D eigenvalue weighted by atomic mass is 9.83. The van der Waals surface area contributed by atoms with Gasteiger partial charge in [-0.25, -0.2) is 0 Å². The van der Waals surface area contributed by atoms with Crippen LogP contribution in [0.3, 0.4) is 0 Å². The fourth-order valence-electron chi connectivity index (χ4n) is 2.41. The molecule has 1 N–H and O–H groups in total. The molecule has 0 aliphatic heterocycles.